The second-order valence-electron chi connectivity index (χ2n) is 8.31. The normalized spacial score (nSPS) is 16.9. The Morgan fingerprint density at radius 2 is 1.15 bits per heavy atom. The predicted molar refractivity (Wildman–Crippen MR) is 128 cm³/mol. The lowest BCUT2D eigenvalue weighted by atomic mass is 10.2. The Morgan fingerprint density at radius 3 is 1.73 bits per heavy atom. The third-order valence-corrected chi connectivity index (χ3v) is 6.39. The topological polar surface area (TPSA) is 64.8 Å². The first-order chi connectivity index (χ1) is 16.1. The van der Waals surface area contributed by atoms with Crippen LogP contribution in [0.3, 0.4) is 0 Å². The molecule has 2 saturated heterocycles. The average molecular weight is 452 g/mol. The first-order valence-electron chi connectivity index (χ1n) is 11.2. The van der Waals surface area contributed by atoms with Crippen molar-refractivity contribution >= 4 is 28.7 Å². The second kappa shape index (κ2) is 9.09. The lowest BCUT2D eigenvalue weighted by Crippen LogP contribution is -2.48. The molecule has 0 radical (unpaired) electrons. The number of nitrogen functional groups attached to an aromatic ring is 1. The number of nitrogens with two attached hydrogens (primary N) is 1. The van der Waals surface area contributed by atoms with Crippen LogP contribution in [0, 0.1) is 11.6 Å². The van der Waals surface area contributed by atoms with Gasteiger partial charge in [-0.15, -0.1) is 0 Å². The van der Waals surface area contributed by atoms with E-state index >= 15 is 0 Å². The molecule has 2 N–H and O–H groups in total. The molecule has 1 aromatic heterocycles. The first-order valence-corrected chi connectivity index (χ1v) is 11.2. The fourth-order valence-corrected chi connectivity index (χ4v) is 4.58. The van der Waals surface area contributed by atoms with Crippen LogP contribution in [0.1, 0.15) is 0 Å². The fourth-order valence-electron chi connectivity index (χ4n) is 4.58. The van der Waals surface area contributed by atoms with Gasteiger partial charge in [-0.1, -0.05) is 12.1 Å². The highest BCUT2D eigenvalue weighted by atomic mass is 19.1. The fraction of sp³-hybridized carbons (Fsp3) is 0.333. The highest BCUT2D eigenvalue weighted by Crippen LogP contribution is 2.31. The van der Waals surface area contributed by atoms with Gasteiger partial charge in [-0.2, -0.15) is 0 Å². The Bertz CT molecular complexity index is 1090. The van der Waals surface area contributed by atoms with Gasteiger partial charge < -0.3 is 25.3 Å². The van der Waals surface area contributed by atoms with Crippen molar-refractivity contribution in [1.29, 1.82) is 0 Å². The molecule has 172 valence electrons. The van der Waals surface area contributed by atoms with Gasteiger partial charge in [0.25, 0.3) is 0 Å². The lowest BCUT2D eigenvalue weighted by Gasteiger charge is -2.39. The molecule has 7 nitrogen and oxygen atoms in total. The molecule has 9 heteroatoms. The molecule has 2 fully saturated rings. The molecular weight excluding hydrogens is 424 g/mol. The maximum Gasteiger partial charge on any atom is 0.157 e. The standard InChI is InChI=1S/C24H27F2N7/c25-18-5-7-19(8-6-18)30-9-13-32(14-10-30)23-22(27)24(29-17-28-23)33-15-11-31(12-16-33)21-4-2-1-3-20(21)26/h1-8,17H,9-16,27H2. The largest absolute Gasteiger partial charge is 0.393 e. The third-order valence-electron chi connectivity index (χ3n) is 6.39. The van der Waals surface area contributed by atoms with Crippen molar-refractivity contribution in [3.8, 4) is 0 Å². The maximum atomic E-state index is 14.1. The van der Waals surface area contributed by atoms with Crippen LogP contribution in [-0.2, 0) is 0 Å². The van der Waals surface area contributed by atoms with Gasteiger partial charge in [0.2, 0.25) is 0 Å². The van der Waals surface area contributed by atoms with Crippen LogP contribution in [-0.4, -0.2) is 62.3 Å². The van der Waals surface area contributed by atoms with Gasteiger partial charge in [0.15, 0.2) is 11.6 Å². The minimum absolute atomic E-state index is 0.199. The highest BCUT2D eigenvalue weighted by Gasteiger charge is 2.26. The van der Waals surface area contributed by atoms with Crippen molar-refractivity contribution in [2.45, 2.75) is 0 Å². The Morgan fingerprint density at radius 1 is 0.636 bits per heavy atom. The number of rotatable bonds is 4. The van der Waals surface area contributed by atoms with Crippen LogP contribution in [0.5, 0.6) is 0 Å². The van der Waals surface area contributed by atoms with Gasteiger partial charge in [-0.3, -0.25) is 0 Å². The summed E-state index contributed by atoms with van der Waals surface area (Å²) in [6, 6.07) is 13.5. The SMILES string of the molecule is Nc1c(N2CCN(c3ccc(F)cc3)CC2)ncnc1N1CCN(c2ccccc2F)CC1. The molecule has 33 heavy (non-hydrogen) atoms. The van der Waals surface area contributed by atoms with Gasteiger partial charge >= 0.3 is 0 Å². The quantitative estimate of drug-likeness (QED) is 0.654. The predicted octanol–water partition coefficient (Wildman–Crippen LogP) is 2.99. The zero-order valence-corrected chi connectivity index (χ0v) is 18.4. The number of anilines is 5. The Balaban J connectivity index is 1.24. The van der Waals surface area contributed by atoms with E-state index in [1.54, 1.807) is 12.4 Å². The summed E-state index contributed by atoms with van der Waals surface area (Å²) in [4.78, 5) is 17.6. The number of para-hydroxylation sites is 1. The van der Waals surface area contributed by atoms with E-state index in [4.69, 9.17) is 5.73 Å². The minimum atomic E-state index is -0.228. The average Bonchev–Trinajstić information content (AvgIpc) is 2.85. The van der Waals surface area contributed by atoms with E-state index in [0.717, 1.165) is 43.5 Å². The summed E-state index contributed by atoms with van der Waals surface area (Å²) >= 11 is 0. The van der Waals surface area contributed by atoms with Gasteiger partial charge in [0.05, 0.1) is 5.69 Å². The van der Waals surface area contributed by atoms with E-state index in [9.17, 15) is 8.78 Å². The van der Waals surface area contributed by atoms with E-state index in [-0.39, 0.29) is 11.6 Å². The van der Waals surface area contributed by atoms with Crippen LogP contribution in [0.4, 0.5) is 37.5 Å². The number of benzene rings is 2. The molecular formula is C24H27F2N7. The molecule has 5 rings (SSSR count). The zero-order chi connectivity index (χ0) is 22.8. The van der Waals surface area contributed by atoms with E-state index in [1.165, 1.54) is 18.2 Å². The van der Waals surface area contributed by atoms with E-state index < -0.39 is 0 Å². The maximum absolute atomic E-state index is 14.1. The van der Waals surface area contributed by atoms with Crippen molar-refractivity contribution in [1.82, 2.24) is 9.97 Å². The summed E-state index contributed by atoms with van der Waals surface area (Å²) in [6.07, 6.45) is 1.57. The monoisotopic (exact) mass is 451 g/mol. The van der Waals surface area contributed by atoms with Crippen LogP contribution in [0.15, 0.2) is 54.9 Å². The zero-order valence-electron chi connectivity index (χ0n) is 18.4. The van der Waals surface area contributed by atoms with Gasteiger partial charge in [0, 0.05) is 58.0 Å². The molecule has 2 aromatic carbocycles. The van der Waals surface area contributed by atoms with Crippen LogP contribution >= 0.6 is 0 Å². The molecule has 0 aliphatic carbocycles. The molecule has 2 aliphatic rings. The van der Waals surface area contributed by atoms with Gasteiger partial charge in [-0.25, -0.2) is 18.7 Å². The molecule has 0 bridgehead atoms. The lowest BCUT2D eigenvalue weighted by molar-refractivity contribution is 0.596. The van der Waals surface area contributed by atoms with Crippen molar-refractivity contribution in [3.63, 3.8) is 0 Å². The Labute approximate surface area is 192 Å². The molecule has 0 unspecified atom stereocenters. The molecule has 3 heterocycles. The summed E-state index contributed by atoms with van der Waals surface area (Å²) in [5, 5.41) is 0. The number of nitrogens with zero attached hydrogens (tertiary/aromatic N) is 6. The van der Waals surface area contributed by atoms with Crippen LogP contribution in [0.2, 0.25) is 0 Å². The molecule has 0 atom stereocenters. The van der Waals surface area contributed by atoms with E-state index in [1.807, 2.05) is 24.3 Å². The van der Waals surface area contributed by atoms with Crippen LogP contribution < -0.4 is 25.3 Å². The number of hydrogen-bond acceptors (Lipinski definition) is 7. The number of halogens is 2. The van der Waals surface area contributed by atoms with Crippen molar-refractivity contribution in [3.05, 3.63) is 66.5 Å². The molecule has 2 aliphatic heterocycles. The van der Waals surface area contributed by atoms with E-state index in [2.05, 4.69) is 29.6 Å². The number of aromatic nitrogens is 2. The third kappa shape index (κ3) is 4.35. The van der Waals surface area contributed by atoms with Gasteiger partial charge in [0.1, 0.15) is 23.6 Å². The van der Waals surface area contributed by atoms with Crippen molar-refractivity contribution < 1.29 is 8.78 Å². The first kappa shape index (κ1) is 21.2. The van der Waals surface area contributed by atoms with Gasteiger partial charge in [-0.05, 0) is 36.4 Å². The minimum Gasteiger partial charge on any atom is -0.393 e. The Kier molecular flexibility index (Phi) is 5.85. The summed E-state index contributed by atoms with van der Waals surface area (Å²) in [6.45, 7) is 5.91. The van der Waals surface area contributed by atoms with Crippen molar-refractivity contribution in [2.75, 3.05) is 77.7 Å². The molecule has 3 aromatic rings. The summed E-state index contributed by atoms with van der Waals surface area (Å²) < 4.78 is 27.4. The molecule has 0 saturated carbocycles. The highest BCUT2D eigenvalue weighted by molar-refractivity contribution is 5.76. The molecule has 0 spiro atoms. The summed E-state index contributed by atoms with van der Waals surface area (Å²) in [7, 11) is 0. The Hall–Kier alpha value is -3.62. The number of piperazine rings is 2. The summed E-state index contributed by atoms with van der Waals surface area (Å²) in [5.74, 6) is 1.05. The number of hydrogen-bond donors (Lipinski definition) is 1. The molecule has 0 amide bonds. The van der Waals surface area contributed by atoms with Crippen molar-refractivity contribution in [2.24, 2.45) is 0 Å². The van der Waals surface area contributed by atoms with Crippen LogP contribution in [0.25, 0.3) is 0 Å². The second-order valence-corrected chi connectivity index (χ2v) is 8.31. The summed E-state index contributed by atoms with van der Waals surface area (Å²) in [5.41, 5.74) is 8.76. The smallest absolute Gasteiger partial charge is 0.157 e. The van der Waals surface area contributed by atoms with E-state index in [0.29, 0.717) is 37.6 Å².